The standard InChI is InChI=1S/C18H14N2O6S2/c1-2-12(17(22)23)19-16(21)15(28-18(19)27)9-10-7-8-14(26-10)11-5-3-4-6-13(11)20(24)25/h3-9,12H,2H2,1H3,(H,22,23)/b15-9+. The van der Waals surface area contributed by atoms with Crippen LogP contribution in [0.5, 0.6) is 0 Å². The number of aliphatic carboxylic acids is 1. The molecule has 10 heteroatoms. The number of nitro groups is 1. The van der Waals surface area contributed by atoms with Crippen LogP contribution in [0, 0.1) is 10.1 Å². The van der Waals surface area contributed by atoms with Gasteiger partial charge in [0.15, 0.2) is 0 Å². The largest absolute Gasteiger partial charge is 0.480 e. The van der Waals surface area contributed by atoms with Crippen LogP contribution < -0.4 is 0 Å². The topological polar surface area (TPSA) is 114 Å². The number of thiocarbonyl (C=S) groups is 1. The maximum atomic E-state index is 12.6. The Kier molecular flexibility index (Phi) is 5.61. The predicted molar refractivity (Wildman–Crippen MR) is 108 cm³/mol. The maximum Gasteiger partial charge on any atom is 0.326 e. The monoisotopic (exact) mass is 418 g/mol. The number of carboxylic acid groups (broad SMARTS) is 1. The number of carbonyl (C=O) groups excluding carboxylic acids is 1. The second-order valence-corrected chi connectivity index (χ2v) is 7.47. The van der Waals surface area contributed by atoms with Gasteiger partial charge in [-0.25, -0.2) is 4.79 Å². The third-order valence-corrected chi connectivity index (χ3v) is 5.40. The number of amides is 1. The Morgan fingerprint density at radius 1 is 1.39 bits per heavy atom. The van der Waals surface area contributed by atoms with Crippen molar-refractivity contribution in [2.75, 3.05) is 0 Å². The van der Waals surface area contributed by atoms with Gasteiger partial charge >= 0.3 is 5.97 Å². The molecule has 1 aliphatic heterocycles. The molecule has 28 heavy (non-hydrogen) atoms. The van der Waals surface area contributed by atoms with Crippen LogP contribution in [-0.4, -0.2) is 37.2 Å². The van der Waals surface area contributed by atoms with Crippen LogP contribution in [0.25, 0.3) is 17.4 Å². The van der Waals surface area contributed by atoms with Gasteiger partial charge in [-0.1, -0.05) is 43.0 Å². The van der Waals surface area contributed by atoms with Crippen LogP contribution in [0.1, 0.15) is 19.1 Å². The fourth-order valence-electron chi connectivity index (χ4n) is 2.76. The first-order valence-corrected chi connectivity index (χ1v) is 9.39. The van der Waals surface area contributed by atoms with Gasteiger partial charge in [-0.3, -0.25) is 19.8 Å². The first-order chi connectivity index (χ1) is 13.3. The maximum absolute atomic E-state index is 12.6. The lowest BCUT2D eigenvalue weighted by molar-refractivity contribution is -0.384. The van der Waals surface area contributed by atoms with Gasteiger partial charge in [-0.2, -0.15) is 0 Å². The normalized spacial score (nSPS) is 16.6. The van der Waals surface area contributed by atoms with E-state index in [1.807, 2.05) is 0 Å². The van der Waals surface area contributed by atoms with E-state index in [0.29, 0.717) is 11.3 Å². The average molecular weight is 418 g/mol. The zero-order valence-electron chi connectivity index (χ0n) is 14.5. The molecule has 1 aromatic carbocycles. The molecule has 2 heterocycles. The highest BCUT2D eigenvalue weighted by molar-refractivity contribution is 8.26. The van der Waals surface area contributed by atoms with E-state index in [-0.39, 0.29) is 27.1 Å². The molecule has 1 aliphatic rings. The zero-order valence-corrected chi connectivity index (χ0v) is 16.2. The number of rotatable bonds is 6. The van der Waals surface area contributed by atoms with Crippen molar-refractivity contribution in [1.29, 1.82) is 0 Å². The van der Waals surface area contributed by atoms with Crippen molar-refractivity contribution in [2.24, 2.45) is 0 Å². The van der Waals surface area contributed by atoms with Crippen molar-refractivity contribution >= 4 is 51.9 Å². The molecule has 0 spiro atoms. The summed E-state index contributed by atoms with van der Waals surface area (Å²) in [4.78, 5) is 36.0. The molecular weight excluding hydrogens is 404 g/mol. The van der Waals surface area contributed by atoms with E-state index in [4.69, 9.17) is 16.6 Å². The number of carboxylic acids is 1. The first-order valence-electron chi connectivity index (χ1n) is 8.17. The zero-order chi connectivity index (χ0) is 20.4. The molecule has 3 rings (SSSR count). The van der Waals surface area contributed by atoms with Gasteiger partial charge in [0, 0.05) is 12.1 Å². The molecule has 1 N–H and O–H groups in total. The van der Waals surface area contributed by atoms with E-state index < -0.39 is 22.8 Å². The molecule has 0 radical (unpaired) electrons. The summed E-state index contributed by atoms with van der Waals surface area (Å²) in [7, 11) is 0. The van der Waals surface area contributed by atoms with E-state index in [1.165, 1.54) is 12.1 Å². The second kappa shape index (κ2) is 7.95. The molecular formula is C18H14N2O6S2. The van der Waals surface area contributed by atoms with Crippen LogP contribution in [0.3, 0.4) is 0 Å². The summed E-state index contributed by atoms with van der Waals surface area (Å²) in [6.07, 6.45) is 1.67. The lowest BCUT2D eigenvalue weighted by atomic mass is 10.1. The summed E-state index contributed by atoms with van der Waals surface area (Å²) in [6, 6.07) is 8.28. The first kappa shape index (κ1) is 19.8. The van der Waals surface area contributed by atoms with E-state index in [0.717, 1.165) is 16.7 Å². The summed E-state index contributed by atoms with van der Waals surface area (Å²) < 4.78 is 5.81. The Bertz CT molecular complexity index is 1010. The highest BCUT2D eigenvalue weighted by Crippen LogP contribution is 2.36. The third-order valence-electron chi connectivity index (χ3n) is 4.07. The van der Waals surface area contributed by atoms with Crippen molar-refractivity contribution in [1.82, 2.24) is 4.90 Å². The van der Waals surface area contributed by atoms with Crippen molar-refractivity contribution in [3.8, 4) is 11.3 Å². The van der Waals surface area contributed by atoms with Gasteiger partial charge in [-0.15, -0.1) is 0 Å². The number of para-hydroxylation sites is 1. The summed E-state index contributed by atoms with van der Waals surface area (Å²) in [5.41, 5.74) is 0.221. The highest BCUT2D eigenvalue weighted by atomic mass is 32.2. The number of furan rings is 1. The number of hydrogen-bond acceptors (Lipinski definition) is 7. The van der Waals surface area contributed by atoms with E-state index in [9.17, 15) is 24.8 Å². The molecule has 8 nitrogen and oxygen atoms in total. The molecule has 1 amide bonds. The fourth-order valence-corrected chi connectivity index (χ4v) is 4.10. The van der Waals surface area contributed by atoms with Gasteiger partial charge in [0.2, 0.25) is 0 Å². The van der Waals surface area contributed by atoms with Crippen molar-refractivity contribution in [3.05, 3.63) is 57.2 Å². The van der Waals surface area contributed by atoms with Gasteiger partial charge in [0.25, 0.3) is 11.6 Å². The lowest BCUT2D eigenvalue weighted by Crippen LogP contribution is -2.43. The number of benzene rings is 1. The highest BCUT2D eigenvalue weighted by Gasteiger charge is 2.39. The van der Waals surface area contributed by atoms with E-state index in [2.05, 4.69) is 0 Å². The summed E-state index contributed by atoms with van der Waals surface area (Å²) in [5.74, 6) is -1.05. The second-order valence-electron chi connectivity index (χ2n) is 5.79. The van der Waals surface area contributed by atoms with E-state index in [1.54, 1.807) is 37.3 Å². The van der Waals surface area contributed by atoms with Gasteiger partial charge in [0.1, 0.15) is 21.9 Å². The summed E-state index contributed by atoms with van der Waals surface area (Å²) in [5, 5.41) is 20.5. The molecule has 1 atom stereocenters. The Balaban J connectivity index is 1.90. The molecule has 144 valence electrons. The number of nitro benzene ring substituents is 1. The number of nitrogens with zero attached hydrogens (tertiary/aromatic N) is 2. The Morgan fingerprint density at radius 3 is 2.75 bits per heavy atom. The quantitative estimate of drug-likeness (QED) is 0.325. The Labute approximate surface area is 169 Å². The lowest BCUT2D eigenvalue weighted by Gasteiger charge is -2.21. The fraction of sp³-hybridized carbons (Fsp3) is 0.167. The SMILES string of the molecule is CCC(C(=O)O)N1C(=O)/C(=C\c2ccc(-c3ccccc3[N+](=O)[O-])o2)SC1=S. The molecule has 0 bridgehead atoms. The summed E-state index contributed by atoms with van der Waals surface area (Å²) in [6.45, 7) is 1.66. The Morgan fingerprint density at radius 2 is 2.11 bits per heavy atom. The van der Waals surface area contributed by atoms with E-state index >= 15 is 0 Å². The van der Waals surface area contributed by atoms with Gasteiger partial charge < -0.3 is 9.52 Å². The third kappa shape index (κ3) is 3.69. The molecule has 1 aromatic heterocycles. The van der Waals surface area contributed by atoms with Crippen LogP contribution in [0.4, 0.5) is 5.69 Å². The van der Waals surface area contributed by atoms with Crippen LogP contribution in [-0.2, 0) is 9.59 Å². The van der Waals surface area contributed by atoms with Gasteiger partial charge in [0.05, 0.1) is 15.4 Å². The molecule has 0 saturated carbocycles. The minimum atomic E-state index is -1.13. The molecule has 0 aliphatic carbocycles. The van der Waals surface area contributed by atoms with Crippen LogP contribution in [0.2, 0.25) is 0 Å². The predicted octanol–water partition coefficient (Wildman–Crippen LogP) is 3.92. The number of hydrogen-bond donors (Lipinski definition) is 1. The molecule has 1 unspecified atom stereocenters. The minimum Gasteiger partial charge on any atom is -0.480 e. The number of carbonyl (C=O) groups is 2. The smallest absolute Gasteiger partial charge is 0.326 e. The van der Waals surface area contributed by atoms with Crippen LogP contribution >= 0.6 is 24.0 Å². The Hall–Kier alpha value is -2.98. The summed E-state index contributed by atoms with van der Waals surface area (Å²) >= 11 is 6.15. The van der Waals surface area contributed by atoms with Crippen molar-refractivity contribution in [2.45, 2.75) is 19.4 Å². The van der Waals surface area contributed by atoms with Gasteiger partial charge in [-0.05, 0) is 24.6 Å². The van der Waals surface area contributed by atoms with Crippen molar-refractivity contribution < 1.29 is 24.0 Å². The molecule has 2 aromatic rings. The molecule has 1 fully saturated rings. The number of thioether (sulfide) groups is 1. The van der Waals surface area contributed by atoms with Crippen LogP contribution in [0.15, 0.2) is 45.7 Å². The average Bonchev–Trinajstić information content (AvgIpc) is 3.22. The molecule has 1 saturated heterocycles. The van der Waals surface area contributed by atoms with Crippen molar-refractivity contribution in [3.63, 3.8) is 0 Å². The minimum absolute atomic E-state index is 0.0954.